The summed E-state index contributed by atoms with van der Waals surface area (Å²) in [6.07, 6.45) is 0.542. The second-order valence-electron chi connectivity index (χ2n) is 7.08. The van der Waals surface area contributed by atoms with E-state index in [1.807, 2.05) is 24.3 Å². The molecule has 3 aromatic rings. The van der Waals surface area contributed by atoms with Crippen molar-refractivity contribution in [1.82, 2.24) is 4.31 Å². The molecule has 0 fully saturated rings. The number of carbonyl (C=O) groups is 1. The number of hydrogen-bond acceptors (Lipinski definition) is 3. The molecule has 9 heteroatoms. The number of rotatable bonds is 4. The van der Waals surface area contributed by atoms with Gasteiger partial charge in [-0.3, -0.25) is 4.79 Å². The first-order valence-corrected chi connectivity index (χ1v) is 10.8. The van der Waals surface area contributed by atoms with Crippen LogP contribution in [0.5, 0.6) is 0 Å². The Bertz CT molecular complexity index is 1280. The lowest BCUT2D eigenvalue weighted by atomic mass is 10.0. The van der Waals surface area contributed by atoms with Gasteiger partial charge in [0.05, 0.1) is 10.5 Å². The Morgan fingerprint density at radius 2 is 1.58 bits per heavy atom. The molecule has 0 unspecified atom stereocenters. The molecular weight excluding hydrogens is 429 g/mol. The van der Waals surface area contributed by atoms with Crippen LogP contribution in [0.4, 0.5) is 18.9 Å². The van der Waals surface area contributed by atoms with E-state index in [9.17, 15) is 26.4 Å². The lowest BCUT2D eigenvalue weighted by Crippen LogP contribution is -2.36. The van der Waals surface area contributed by atoms with Crippen LogP contribution in [0.15, 0.2) is 65.6 Å². The van der Waals surface area contributed by atoms with Gasteiger partial charge in [0.15, 0.2) is 11.6 Å². The SMILES string of the molecule is O=C(Nc1ccc(F)c(F)c1)c1cc(S(=O)(=O)N2CCc3ccccc3C2)ccc1F. The average Bonchev–Trinajstić information content (AvgIpc) is 2.76. The van der Waals surface area contributed by atoms with Gasteiger partial charge in [0.25, 0.3) is 5.91 Å². The summed E-state index contributed by atoms with van der Waals surface area (Å²) in [5.74, 6) is -4.20. The highest BCUT2D eigenvalue weighted by molar-refractivity contribution is 7.89. The van der Waals surface area contributed by atoms with E-state index in [-0.39, 0.29) is 23.7 Å². The van der Waals surface area contributed by atoms with Gasteiger partial charge in [-0.25, -0.2) is 21.6 Å². The molecule has 0 radical (unpaired) electrons. The van der Waals surface area contributed by atoms with E-state index < -0.39 is 38.9 Å². The number of fused-ring (bicyclic) bond motifs is 1. The Hall–Kier alpha value is -3.17. The summed E-state index contributed by atoms with van der Waals surface area (Å²) in [5.41, 5.74) is 1.34. The van der Waals surface area contributed by atoms with E-state index in [1.165, 1.54) is 4.31 Å². The van der Waals surface area contributed by atoms with Gasteiger partial charge in [-0.1, -0.05) is 24.3 Å². The van der Waals surface area contributed by atoms with Crippen LogP contribution in [-0.2, 0) is 23.0 Å². The van der Waals surface area contributed by atoms with E-state index >= 15 is 0 Å². The minimum atomic E-state index is -3.99. The Labute approximate surface area is 177 Å². The third-order valence-electron chi connectivity index (χ3n) is 5.09. The molecule has 4 rings (SSSR count). The van der Waals surface area contributed by atoms with Crippen LogP contribution in [0.2, 0.25) is 0 Å². The minimum absolute atomic E-state index is 0.0933. The van der Waals surface area contributed by atoms with Gasteiger partial charge in [0.1, 0.15) is 5.82 Å². The molecule has 0 spiro atoms. The molecule has 1 aliphatic rings. The van der Waals surface area contributed by atoms with E-state index in [2.05, 4.69) is 5.32 Å². The molecule has 1 amide bonds. The second-order valence-corrected chi connectivity index (χ2v) is 9.02. The number of nitrogens with one attached hydrogen (secondary N) is 1. The first-order valence-electron chi connectivity index (χ1n) is 9.38. The number of halogens is 3. The van der Waals surface area contributed by atoms with Gasteiger partial charge in [0.2, 0.25) is 10.0 Å². The van der Waals surface area contributed by atoms with Crippen LogP contribution >= 0.6 is 0 Å². The lowest BCUT2D eigenvalue weighted by molar-refractivity contribution is 0.102. The molecular formula is C22H17F3N2O3S. The van der Waals surface area contributed by atoms with E-state index in [1.54, 1.807) is 0 Å². The van der Waals surface area contributed by atoms with Crippen LogP contribution < -0.4 is 5.32 Å². The van der Waals surface area contributed by atoms with Gasteiger partial charge in [0, 0.05) is 24.8 Å². The lowest BCUT2D eigenvalue weighted by Gasteiger charge is -2.28. The second kappa shape index (κ2) is 8.16. The quantitative estimate of drug-likeness (QED) is 0.656. The standard InChI is InChI=1S/C22H17F3N2O3S/c23-19-8-6-17(12-18(19)22(28)26-16-5-7-20(24)21(25)11-16)31(29,30)27-10-9-14-3-1-2-4-15(14)13-27/h1-8,11-12H,9-10,13H2,(H,26,28). The third-order valence-corrected chi connectivity index (χ3v) is 6.93. The Balaban J connectivity index is 1.61. The van der Waals surface area contributed by atoms with E-state index in [4.69, 9.17) is 0 Å². The van der Waals surface area contributed by atoms with Crippen molar-refractivity contribution in [2.45, 2.75) is 17.9 Å². The number of nitrogens with zero attached hydrogens (tertiary/aromatic N) is 1. The summed E-state index contributed by atoms with van der Waals surface area (Å²) in [5, 5.41) is 2.24. The van der Waals surface area contributed by atoms with Crippen molar-refractivity contribution in [1.29, 1.82) is 0 Å². The summed E-state index contributed by atoms with van der Waals surface area (Å²) in [4.78, 5) is 12.2. The fraction of sp³-hybridized carbons (Fsp3) is 0.136. The predicted molar refractivity (Wildman–Crippen MR) is 108 cm³/mol. The zero-order chi connectivity index (χ0) is 22.2. The molecule has 0 bridgehead atoms. The number of carbonyl (C=O) groups excluding carboxylic acids is 1. The molecule has 0 aliphatic carbocycles. The highest BCUT2D eigenvalue weighted by atomic mass is 32.2. The summed E-state index contributed by atoms with van der Waals surface area (Å²) >= 11 is 0. The van der Waals surface area contributed by atoms with Gasteiger partial charge >= 0.3 is 0 Å². The predicted octanol–water partition coefficient (Wildman–Crippen LogP) is 4.10. The maximum absolute atomic E-state index is 14.3. The number of sulfonamides is 1. The molecule has 160 valence electrons. The Kier molecular flexibility index (Phi) is 5.55. The first-order chi connectivity index (χ1) is 14.8. The largest absolute Gasteiger partial charge is 0.322 e. The molecule has 3 aromatic carbocycles. The topological polar surface area (TPSA) is 66.5 Å². The van der Waals surface area contributed by atoms with Crippen molar-refractivity contribution in [3.63, 3.8) is 0 Å². The zero-order valence-electron chi connectivity index (χ0n) is 16.1. The summed E-state index contributed by atoms with van der Waals surface area (Å²) in [6, 6.07) is 13.1. The third kappa shape index (κ3) is 4.19. The van der Waals surface area contributed by atoms with E-state index in [0.717, 1.165) is 47.5 Å². The molecule has 0 aromatic heterocycles. The number of amides is 1. The van der Waals surface area contributed by atoms with Crippen molar-refractivity contribution >= 4 is 21.6 Å². The summed E-state index contributed by atoms with van der Waals surface area (Å²) in [6.45, 7) is 0.430. The van der Waals surface area contributed by atoms with Gasteiger partial charge in [-0.15, -0.1) is 0 Å². The molecule has 0 atom stereocenters. The monoisotopic (exact) mass is 446 g/mol. The zero-order valence-corrected chi connectivity index (χ0v) is 16.9. The smallest absolute Gasteiger partial charge is 0.258 e. The molecule has 0 saturated carbocycles. The Morgan fingerprint density at radius 3 is 2.32 bits per heavy atom. The average molecular weight is 446 g/mol. The van der Waals surface area contributed by atoms with Gasteiger partial charge < -0.3 is 5.32 Å². The summed E-state index contributed by atoms with van der Waals surface area (Å²) < 4.78 is 68.2. The number of benzene rings is 3. The fourth-order valence-electron chi connectivity index (χ4n) is 3.44. The molecule has 1 heterocycles. The van der Waals surface area contributed by atoms with Crippen molar-refractivity contribution in [3.8, 4) is 0 Å². The van der Waals surface area contributed by atoms with Gasteiger partial charge in [-0.2, -0.15) is 4.31 Å². The molecule has 5 nitrogen and oxygen atoms in total. The minimum Gasteiger partial charge on any atom is -0.322 e. The normalized spacial score (nSPS) is 14.2. The Morgan fingerprint density at radius 1 is 0.871 bits per heavy atom. The van der Waals surface area contributed by atoms with Crippen LogP contribution in [0, 0.1) is 17.5 Å². The van der Waals surface area contributed by atoms with Crippen LogP contribution in [0.25, 0.3) is 0 Å². The van der Waals surface area contributed by atoms with Crippen molar-refractivity contribution in [2.24, 2.45) is 0 Å². The van der Waals surface area contributed by atoms with Crippen molar-refractivity contribution in [3.05, 3.63) is 94.8 Å². The van der Waals surface area contributed by atoms with Crippen LogP contribution in [0.3, 0.4) is 0 Å². The number of hydrogen-bond donors (Lipinski definition) is 1. The van der Waals surface area contributed by atoms with Crippen molar-refractivity contribution < 1.29 is 26.4 Å². The van der Waals surface area contributed by atoms with Crippen molar-refractivity contribution in [2.75, 3.05) is 11.9 Å². The highest BCUT2D eigenvalue weighted by Gasteiger charge is 2.29. The number of anilines is 1. The molecule has 31 heavy (non-hydrogen) atoms. The highest BCUT2D eigenvalue weighted by Crippen LogP contribution is 2.26. The van der Waals surface area contributed by atoms with E-state index in [0.29, 0.717) is 6.42 Å². The van der Waals surface area contributed by atoms with Crippen LogP contribution in [0.1, 0.15) is 21.5 Å². The first kappa shape index (κ1) is 21.1. The maximum Gasteiger partial charge on any atom is 0.258 e. The summed E-state index contributed by atoms with van der Waals surface area (Å²) in [7, 11) is -3.99. The van der Waals surface area contributed by atoms with Gasteiger partial charge in [-0.05, 0) is 47.9 Å². The molecule has 1 N–H and O–H groups in total. The molecule has 0 saturated heterocycles. The fourth-order valence-corrected chi connectivity index (χ4v) is 4.88. The van der Waals surface area contributed by atoms with Crippen LogP contribution in [-0.4, -0.2) is 25.2 Å². The maximum atomic E-state index is 14.3. The molecule has 1 aliphatic heterocycles.